The van der Waals surface area contributed by atoms with Crippen molar-refractivity contribution in [1.29, 1.82) is 0 Å². The van der Waals surface area contributed by atoms with Crippen LogP contribution in [0.1, 0.15) is 27.8 Å². The Hall–Kier alpha value is -1.91. The fourth-order valence-corrected chi connectivity index (χ4v) is 4.04. The van der Waals surface area contributed by atoms with Crippen molar-refractivity contribution in [3.8, 4) is 5.75 Å². The normalized spacial score (nSPS) is 11.1. The fraction of sp³-hybridized carbons (Fsp3) is 0.174. The van der Waals surface area contributed by atoms with Crippen LogP contribution >= 0.6 is 31.9 Å². The molecule has 0 aromatic heterocycles. The van der Waals surface area contributed by atoms with Crippen molar-refractivity contribution in [3.05, 3.63) is 91.4 Å². The Morgan fingerprint density at radius 3 is 2.15 bits per heavy atom. The second-order valence-electron chi connectivity index (χ2n) is 6.61. The van der Waals surface area contributed by atoms with Gasteiger partial charge in [0.05, 0.1) is 14.6 Å². The van der Waals surface area contributed by atoms with E-state index in [1.165, 1.54) is 16.7 Å². The molecule has 0 N–H and O–H groups in total. The minimum Gasteiger partial charge on any atom is -0.487 e. The Kier molecular flexibility index (Phi) is 6.51. The molecule has 0 heterocycles. The Morgan fingerprint density at radius 2 is 1.52 bits per heavy atom. The number of benzene rings is 3. The van der Waals surface area contributed by atoms with Crippen molar-refractivity contribution in [3.63, 3.8) is 0 Å². The molecule has 0 fully saturated rings. The molecule has 4 heteroatoms. The van der Waals surface area contributed by atoms with E-state index in [9.17, 15) is 0 Å². The van der Waals surface area contributed by atoms with E-state index in [0.29, 0.717) is 6.61 Å². The van der Waals surface area contributed by atoms with E-state index in [0.717, 1.165) is 31.5 Å². The molecule has 2 nitrogen and oxygen atoms in total. The van der Waals surface area contributed by atoms with Crippen molar-refractivity contribution < 1.29 is 4.74 Å². The fourth-order valence-electron chi connectivity index (χ4n) is 2.59. The Labute approximate surface area is 177 Å². The molecule has 138 valence electrons. The summed E-state index contributed by atoms with van der Waals surface area (Å²) in [5.74, 6) is 0.791. The van der Waals surface area contributed by atoms with Gasteiger partial charge in [-0.25, -0.2) is 0 Å². The summed E-state index contributed by atoms with van der Waals surface area (Å²) in [6, 6.07) is 18.6. The topological polar surface area (TPSA) is 21.6 Å². The standard InChI is InChI=1S/C23H21Br2NO/c1-15-4-7-18(8-5-15)14-27-23-21(24)11-19(12-22(23)25)13-26-20-9-6-16(2)17(3)10-20/h4-13H,14H2,1-3H3. The molecule has 0 saturated carbocycles. The summed E-state index contributed by atoms with van der Waals surface area (Å²) in [4.78, 5) is 4.58. The minimum atomic E-state index is 0.521. The number of hydrogen-bond donors (Lipinski definition) is 0. The third-order valence-corrected chi connectivity index (χ3v) is 5.56. The zero-order valence-electron chi connectivity index (χ0n) is 15.6. The molecule has 3 aromatic rings. The van der Waals surface area contributed by atoms with Gasteiger partial charge in [-0.1, -0.05) is 35.9 Å². The van der Waals surface area contributed by atoms with Crippen molar-refractivity contribution in [2.24, 2.45) is 4.99 Å². The summed E-state index contributed by atoms with van der Waals surface area (Å²) in [6.07, 6.45) is 1.86. The van der Waals surface area contributed by atoms with E-state index >= 15 is 0 Å². The summed E-state index contributed by atoms with van der Waals surface area (Å²) in [7, 11) is 0. The molecule has 0 saturated heterocycles. The molecule has 0 atom stereocenters. The van der Waals surface area contributed by atoms with Gasteiger partial charge >= 0.3 is 0 Å². The second-order valence-corrected chi connectivity index (χ2v) is 8.32. The van der Waals surface area contributed by atoms with Crippen LogP contribution in [0.25, 0.3) is 0 Å². The molecule has 0 aliphatic heterocycles. The lowest BCUT2D eigenvalue weighted by atomic mass is 10.1. The first-order valence-electron chi connectivity index (χ1n) is 8.71. The Bertz CT molecular complexity index is 955. The van der Waals surface area contributed by atoms with Crippen LogP contribution in [0.2, 0.25) is 0 Å². The number of rotatable bonds is 5. The van der Waals surface area contributed by atoms with Gasteiger partial charge in [-0.3, -0.25) is 4.99 Å². The van der Waals surface area contributed by atoms with Crippen LogP contribution < -0.4 is 4.74 Å². The summed E-state index contributed by atoms with van der Waals surface area (Å²) in [6.45, 7) is 6.80. The van der Waals surface area contributed by atoms with E-state index in [4.69, 9.17) is 4.74 Å². The summed E-state index contributed by atoms with van der Waals surface area (Å²) in [5.41, 5.74) is 6.84. The smallest absolute Gasteiger partial charge is 0.148 e. The van der Waals surface area contributed by atoms with E-state index < -0.39 is 0 Å². The predicted molar refractivity (Wildman–Crippen MR) is 121 cm³/mol. The minimum absolute atomic E-state index is 0.521. The lowest BCUT2D eigenvalue weighted by molar-refractivity contribution is 0.302. The maximum Gasteiger partial charge on any atom is 0.148 e. The van der Waals surface area contributed by atoms with Gasteiger partial charge in [0.2, 0.25) is 0 Å². The maximum atomic E-state index is 6.00. The van der Waals surface area contributed by atoms with Crippen LogP contribution in [0.15, 0.2) is 68.5 Å². The first kappa shape index (κ1) is 19.8. The van der Waals surface area contributed by atoms with Crippen molar-refractivity contribution in [2.75, 3.05) is 0 Å². The zero-order chi connectivity index (χ0) is 19.4. The van der Waals surface area contributed by atoms with Gasteiger partial charge in [-0.05, 0) is 99.2 Å². The molecule has 0 aliphatic rings. The molecule has 3 rings (SSSR count). The first-order valence-corrected chi connectivity index (χ1v) is 10.3. The Balaban J connectivity index is 1.74. The Morgan fingerprint density at radius 1 is 0.852 bits per heavy atom. The molecule has 0 amide bonds. The van der Waals surface area contributed by atoms with Crippen LogP contribution in [0, 0.1) is 20.8 Å². The van der Waals surface area contributed by atoms with Crippen LogP contribution in [0.4, 0.5) is 5.69 Å². The van der Waals surface area contributed by atoms with E-state index in [-0.39, 0.29) is 0 Å². The van der Waals surface area contributed by atoms with E-state index in [2.05, 4.69) is 94.0 Å². The third-order valence-electron chi connectivity index (χ3n) is 4.38. The number of hydrogen-bond acceptors (Lipinski definition) is 2. The van der Waals surface area contributed by atoms with Gasteiger partial charge in [0.15, 0.2) is 0 Å². The average molecular weight is 487 g/mol. The summed E-state index contributed by atoms with van der Waals surface area (Å²) in [5, 5.41) is 0. The number of aliphatic imine (C=N–C) groups is 1. The molecule has 3 aromatic carbocycles. The lowest BCUT2D eigenvalue weighted by Crippen LogP contribution is -1.98. The summed E-state index contributed by atoms with van der Waals surface area (Å²) < 4.78 is 7.79. The zero-order valence-corrected chi connectivity index (χ0v) is 18.8. The second kappa shape index (κ2) is 8.85. The van der Waals surface area contributed by atoms with E-state index in [1.807, 2.05) is 24.4 Å². The molecular formula is C23H21Br2NO. The molecule has 27 heavy (non-hydrogen) atoms. The molecule has 0 unspecified atom stereocenters. The van der Waals surface area contributed by atoms with Gasteiger partial charge in [-0.2, -0.15) is 0 Å². The molecule has 0 radical (unpaired) electrons. The highest BCUT2D eigenvalue weighted by molar-refractivity contribution is 9.11. The maximum absolute atomic E-state index is 6.00. The number of ether oxygens (including phenoxy) is 1. The van der Waals surface area contributed by atoms with Crippen LogP contribution in [-0.4, -0.2) is 6.21 Å². The van der Waals surface area contributed by atoms with E-state index in [1.54, 1.807) is 0 Å². The van der Waals surface area contributed by atoms with Gasteiger partial charge in [-0.15, -0.1) is 0 Å². The molecular weight excluding hydrogens is 466 g/mol. The van der Waals surface area contributed by atoms with Crippen molar-refractivity contribution in [1.82, 2.24) is 0 Å². The molecule has 0 spiro atoms. The van der Waals surface area contributed by atoms with Crippen LogP contribution in [0.3, 0.4) is 0 Å². The lowest BCUT2D eigenvalue weighted by Gasteiger charge is -2.11. The SMILES string of the molecule is Cc1ccc(COc2c(Br)cc(C=Nc3ccc(C)c(C)c3)cc2Br)cc1. The highest BCUT2D eigenvalue weighted by atomic mass is 79.9. The van der Waals surface area contributed by atoms with Crippen LogP contribution in [-0.2, 0) is 6.61 Å². The predicted octanol–water partition coefficient (Wildman–Crippen LogP) is 7.47. The van der Waals surface area contributed by atoms with Gasteiger partial charge in [0.1, 0.15) is 12.4 Å². The van der Waals surface area contributed by atoms with Crippen LogP contribution in [0.5, 0.6) is 5.75 Å². The summed E-state index contributed by atoms with van der Waals surface area (Å²) >= 11 is 7.23. The highest BCUT2D eigenvalue weighted by Crippen LogP contribution is 2.35. The number of aryl methyl sites for hydroxylation is 3. The molecule has 0 aliphatic carbocycles. The van der Waals surface area contributed by atoms with Crippen molar-refractivity contribution in [2.45, 2.75) is 27.4 Å². The molecule has 0 bridgehead atoms. The monoisotopic (exact) mass is 485 g/mol. The number of nitrogens with zero attached hydrogens (tertiary/aromatic N) is 1. The van der Waals surface area contributed by atoms with Gasteiger partial charge < -0.3 is 4.74 Å². The first-order chi connectivity index (χ1) is 12.9. The largest absolute Gasteiger partial charge is 0.487 e. The average Bonchev–Trinajstić information content (AvgIpc) is 2.63. The quantitative estimate of drug-likeness (QED) is 0.343. The highest BCUT2D eigenvalue weighted by Gasteiger charge is 2.09. The van der Waals surface area contributed by atoms with Gasteiger partial charge in [0, 0.05) is 6.21 Å². The number of halogens is 2. The van der Waals surface area contributed by atoms with Crippen molar-refractivity contribution >= 4 is 43.8 Å². The third kappa shape index (κ3) is 5.30. The van der Waals surface area contributed by atoms with Gasteiger partial charge in [0.25, 0.3) is 0 Å².